The number of ketones is 4. The van der Waals surface area contributed by atoms with E-state index in [0.717, 1.165) is 5.56 Å². The number of Topliss-reactive ketones (excluding diaryl/α,β-unsaturated/α-hetero) is 4. The summed E-state index contributed by atoms with van der Waals surface area (Å²) in [7, 11) is 0. The normalized spacial score (nSPS) is 12.2. The van der Waals surface area contributed by atoms with E-state index >= 15 is 0 Å². The number of carbonyl (C=O) groups is 10. The Labute approximate surface area is 678 Å². The molecule has 0 aliphatic rings. The molecule has 5 aromatic rings. The first-order chi connectivity index (χ1) is 53.1. The molecule has 0 bridgehead atoms. The highest BCUT2D eigenvalue weighted by Crippen LogP contribution is 2.21. The van der Waals surface area contributed by atoms with E-state index in [2.05, 4.69) is 63.2 Å². The SMILES string of the molecule is CC(C)(C)OC(=O)N[C@@H](Cc1ccc([N+](=O)[O-])cc1)C(=O)C=[N+]=[N-].CC(C)(C)OC(=O)N[C@@H](Cc1ccc([N+](=O)[O-])cc1)C(=O)CBr.CC(C)(C)OC(=O)N[C@@H](Cc1ccc([N+](=O)[O-])cc1)C(=O)CBr.CC(C)(C)OC(=O)N[C@@H](Cc1ccc([N+](=O)[O-])cc1)C(=O)O.CCC(=O)[C@H](Cc1ccc([N+](=O)[O-])cc1)NC(=O)OC(C)(C)C. The molecule has 0 aliphatic carbocycles. The molecule has 0 fully saturated rings. The fourth-order valence-corrected chi connectivity index (χ4v) is 9.72. The second kappa shape index (κ2) is 47.5. The van der Waals surface area contributed by atoms with Crippen LogP contribution in [0.15, 0.2) is 121 Å². The van der Waals surface area contributed by atoms with Crippen molar-refractivity contribution in [3.8, 4) is 0 Å². The zero-order chi connectivity index (χ0) is 88.1. The molecule has 0 radical (unpaired) electrons. The van der Waals surface area contributed by atoms with Crippen LogP contribution in [0.3, 0.4) is 0 Å². The Hall–Kier alpha value is -12.1. The number of benzene rings is 5. The molecule has 38 nitrogen and oxygen atoms in total. The molecule has 0 unspecified atom stereocenters. The molecule has 0 saturated heterocycles. The quantitative estimate of drug-likeness (QED) is 0.00492. The van der Waals surface area contributed by atoms with Gasteiger partial charge in [-0.25, -0.2) is 28.8 Å². The number of nitro groups is 5. The van der Waals surface area contributed by atoms with Crippen molar-refractivity contribution < 1.29 is 106 Å². The molecule has 5 rings (SSSR count). The van der Waals surface area contributed by atoms with E-state index in [-0.39, 0.29) is 95.0 Å². The summed E-state index contributed by atoms with van der Waals surface area (Å²) < 4.78 is 25.5. The Kier molecular flexibility index (Phi) is 41.7. The van der Waals surface area contributed by atoms with Crippen molar-refractivity contribution >= 4 is 126 Å². The molecule has 0 aromatic heterocycles. The average molecular weight is 1740 g/mol. The zero-order valence-corrected chi connectivity index (χ0v) is 69.4. The largest absolute Gasteiger partial charge is 0.480 e. The molecule has 0 heterocycles. The number of non-ortho nitro benzene ring substituents is 5. The minimum Gasteiger partial charge on any atom is -0.480 e. The Balaban J connectivity index is 0.000000719. The summed E-state index contributed by atoms with van der Waals surface area (Å²) in [5.74, 6) is -2.41. The van der Waals surface area contributed by atoms with Crippen LogP contribution >= 0.6 is 31.9 Å². The number of aliphatic carboxylic acids is 1. The molecular formula is C75H96Br2N12O26. The summed E-state index contributed by atoms with van der Waals surface area (Å²) >= 11 is 6.16. The molecule has 0 spiro atoms. The number of ether oxygens (including phenoxy) is 5. The van der Waals surface area contributed by atoms with Gasteiger partial charge < -0.3 is 60.9 Å². The number of carboxylic acids is 1. The maximum Gasteiger partial charge on any atom is 0.408 e. The number of rotatable bonds is 29. The fraction of sp³-hybridized carbons (Fsp3) is 0.453. The van der Waals surface area contributed by atoms with E-state index in [1.807, 2.05) is 0 Å². The van der Waals surface area contributed by atoms with Gasteiger partial charge in [0.25, 0.3) is 34.2 Å². The van der Waals surface area contributed by atoms with Crippen LogP contribution in [0.25, 0.3) is 5.53 Å². The van der Waals surface area contributed by atoms with E-state index in [0.29, 0.717) is 28.5 Å². The Morgan fingerprint density at radius 2 is 0.548 bits per heavy atom. The molecule has 5 atom stereocenters. The number of carboxylic acid groups (broad SMARTS) is 1. The maximum atomic E-state index is 12.0. The monoisotopic (exact) mass is 1740 g/mol. The number of hydrogen-bond donors (Lipinski definition) is 6. The van der Waals surface area contributed by atoms with Crippen LogP contribution in [0.4, 0.5) is 52.4 Å². The smallest absolute Gasteiger partial charge is 0.408 e. The number of hydrogen-bond acceptors (Lipinski definition) is 25. The standard InChI is InChI=1S/C16H22N2O5.2C15H19BrN2O5.C15H18N4O5.C14H18N2O6/c1-5-14(19)13(17-15(20)23-16(2,3)4)10-11-6-8-12(9-7-11)18(21)22;2*1-15(2,3)23-14(20)17-12(13(19)9-16)8-10-4-6-11(7-5-10)18(21)22;1-15(2,3)24-14(21)18-12(13(20)9-17-16)8-10-4-6-11(7-5-10)19(22)23;1-14(2,3)22-13(19)15-11(12(17)18)8-9-4-6-10(7-5-9)16(20)21/h6-9,13H,5,10H2,1-4H3,(H,17,20);2*4-7,12H,8-9H2,1-3H3,(H,17,20);4-7,9,12H,8H2,1-3H3,(H,18,21);4-7,11H,8H2,1-3H3,(H,15,19)(H,17,18)/t13-;3*12-;11-/m00000/s1. The lowest BCUT2D eigenvalue weighted by atomic mass is 10.0. The molecule has 40 heteroatoms. The lowest BCUT2D eigenvalue weighted by Gasteiger charge is -2.23. The van der Waals surface area contributed by atoms with E-state index < -0.39 is 125 Å². The summed E-state index contributed by atoms with van der Waals surface area (Å²) in [6.45, 7) is 27.3. The van der Waals surface area contributed by atoms with Gasteiger partial charge in [0.1, 0.15) is 40.1 Å². The highest BCUT2D eigenvalue weighted by molar-refractivity contribution is 9.09. The Morgan fingerprint density at radius 1 is 0.365 bits per heavy atom. The van der Waals surface area contributed by atoms with Crippen LogP contribution in [0.1, 0.15) is 145 Å². The molecule has 5 aromatic carbocycles. The maximum absolute atomic E-state index is 12.0. The number of alkyl carbamates (subject to hydrolysis) is 5. The number of nitrogens with one attached hydrogen (secondary N) is 5. The van der Waals surface area contributed by atoms with Gasteiger partial charge in [-0.3, -0.25) is 69.7 Å². The van der Waals surface area contributed by atoms with Crippen LogP contribution < -0.4 is 26.6 Å². The lowest BCUT2D eigenvalue weighted by molar-refractivity contribution is -0.385. The third-order valence-corrected chi connectivity index (χ3v) is 15.1. The highest BCUT2D eigenvalue weighted by Gasteiger charge is 2.31. The van der Waals surface area contributed by atoms with Gasteiger partial charge in [-0.1, -0.05) is 99.4 Å². The Bertz CT molecular complexity index is 3970. The van der Waals surface area contributed by atoms with Crippen molar-refractivity contribution in [2.45, 2.75) is 208 Å². The Morgan fingerprint density at radius 3 is 0.722 bits per heavy atom. The van der Waals surface area contributed by atoms with Crippen molar-refractivity contribution in [3.63, 3.8) is 0 Å². The lowest BCUT2D eigenvalue weighted by Crippen LogP contribution is -2.45. The van der Waals surface area contributed by atoms with Crippen LogP contribution in [-0.4, -0.2) is 169 Å². The van der Waals surface area contributed by atoms with Gasteiger partial charge in [0.15, 0.2) is 17.3 Å². The summed E-state index contributed by atoms with van der Waals surface area (Å²) in [5, 5.41) is 74.7. The molecular weight excluding hydrogens is 1640 g/mol. The first-order valence-electron chi connectivity index (χ1n) is 34.9. The third-order valence-electron chi connectivity index (χ3n) is 14.0. The highest BCUT2D eigenvalue weighted by atomic mass is 79.9. The topological polar surface area (TPSA) is 549 Å². The first-order valence-corrected chi connectivity index (χ1v) is 37.1. The number of carbonyl (C=O) groups excluding carboxylic acids is 9. The second-order valence-corrected chi connectivity index (χ2v) is 30.8. The van der Waals surface area contributed by atoms with Crippen LogP contribution in [-0.2, 0) is 79.8 Å². The van der Waals surface area contributed by atoms with Gasteiger partial charge in [0.2, 0.25) is 0 Å². The van der Waals surface area contributed by atoms with Crippen molar-refractivity contribution in [1.29, 1.82) is 0 Å². The van der Waals surface area contributed by atoms with Gasteiger partial charge in [0.05, 0.1) is 53.4 Å². The van der Waals surface area contributed by atoms with E-state index in [4.69, 9.17) is 34.3 Å². The van der Waals surface area contributed by atoms with E-state index in [9.17, 15) is 98.5 Å². The van der Waals surface area contributed by atoms with Crippen LogP contribution in [0, 0.1) is 50.6 Å². The molecule has 0 aliphatic heterocycles. The van der Waals surface area contributed by atoms with Crippen LogP contribution in [0.5, 0.6) is 0 Å². The number of amides is 5. The number of nitro benzene ring substituents is 5. The minimum absolute atomic E-state index is 0.00737. The molecule has 5 amide bonds. The van der Waals surface area contributed by atoms with Gasteiger partial charge in [-0.2, -0.15) is 4.79 Å². The van der Waals surface area contributed by atoms with E-state index in [1.165, 1.54) is 84.9 Å². The van der Waals surface area contributed by atoms with Gasteiger partial charge in [0, 0.05) is 79.9 Å². The van der Waals surface area contributed by atoms with Gasteiger partial charge in [-0.05, 0) is 151 Å². The fourth-order valence-electron chi connectivity index (χ4n) is 8.93. The van der Waals surface area contributed by atoms with E-state index in [1.54, 1.807) is 147 Å². The van der Waals surface area contributed by atoms with Gasteiger partial charge in [-0.15, -0.1) is 0 Å². The van der Waals surface area contributed by atoms with Gasteiger partial charge >= 0.3 is 42.7 Å². The number of nitrogens with zero attached hydrogens (tertiary/aromatic N) is 7. The molecule has 626 valence electrons. The number of halogens is 2. The molecule has 115 heavy (non-hydrogen) atoms. The predicted octanol–water partition coefficient (Wildman–Crippen LogP) is 13.0. The summed E-state index contributed by atoms with van der Waals surface area (Å²) in [6, 6.07) is 24.1. The zero-order valence-electron chi connectivity index (χ0n) is 66.2. The summed E-state index contributed by atoms with van der Waals surface area (Å²) in [5.41, 5.74) is 8.04. The van der Waals surface area contributed by atoms with Crippen molar-refractivity contribution in [3.05, 3.63) is 205 Å². The minimum atomic E-state index is -1.22. The van der Waals surface area contributed by atoms with Crippen molar-refractivity contribution in [2.75, 3.05) is 10.7 Å². The van der Waals surface area contributed by atoms with Crippen molar-refractivity contribution in [2.24, 2.45) is 0 Å². The number of alkyl halides is 2. The van der Waals surface area contributed by atoms with Crippen LogP contribution in [0.2, 0.25) is 0 Å². The summed E-state index contributed by atoms with van der Waals surface area (Å²) in [6.07, 6.45) is -1.96. The third kappa shape index (κ3) is 44.1. The second-order valence-electron chi connectivity index (χ2n) is 29.6. The predicted molar refractivity (Wildman–Crippen MR) is 425 cm³/mol. The van der Waals surface area contributed by atoms with Crippen molar-refractivity contribution in [1.82, 2.24) is 26.6 Å². The first kappa shape index (κ1) is 101. The molecule has 6 N–H and O–H groups in total. The average Bonchev–Trinajstić information content (AvgIpc) is 0.879. The summed E-state index contributed by atoms with van der Waals surface area (Å²) in [4.78, 5) is 171. The molecule has 0 saturated carbocycles.